The summed E-state index contributed by atoms with van der Waals surface area (Å²) in [5, 5.41) is 31.5. The van der Waals surface area contributed by atoms with E-state index in [1.165, 1.54) is 89.9 Å². The van der Waals surface area contributed by atoms with Crippen LogP contribution in [-0.4, -0.2) is 89.2 Å². The van der Waals surface area contributed by atoms with E-state index in [1.807, 2.05) is 0 Å². The number of rotatable bonds is 53. The molecule has 1 aliphatic heterocycles. The fourth-order valence-corrected chi connectivity index (χ4v) is 9.24. The molecule has 6 unspecified atom stereocenters. The minimum Gasteiger partial charge on any atom is -0.479 e. The van der Waals surface area contributed by atoms with Gasteiger partial charge in [-0.05, 0) is 83.5 Å². The van der Waals surface area contributed by atoms with E-state index < -0.39 is 67.3 Å². The van der Waals surface area contributed by atoms with Crippen LogP contribution in [0.2, 0.25) is 0 Å². The maximum absolute atomic E-state index is 13.1. The number of hydrogen-bond donors (Lipinski definition) is 3. The molecule has 0 aliphatic carbocycles. The zero-order valence-electron chi connectivity index (χ0n) is 49.0. The maximum atomic E-state index is 13.1. The van der Waals surface area contributed by atoms with E-state index in [1.54, 1.807) is 0 Å². The second-order valence-corrected chi connectivity index (χ2v) is 21.3. The summed E-state index contributed by atoms with van der Waals surface area (Å²) in [6.07, 6.45) is 53.2. The highest BCUT2D eigenvalue weighted by Gasteiger charge is 2.50. The Kier molecular flexibility index (Phi) is 49.2. The summed E-state index contributed by atoms with van der Waals surface area (Å²) < 4.78 is 28.5. The van der Waals surface area contributed by atoms with Crippen molar-refractivity contribution in [1.29, 1.82) is 0 Å². The van der Waals surface area contributed by atoms with Gasteiger partial charge in [-0.25, -0.2) is 4.79 Å². The van der Waals surface area contributed by atoms with Crippen LogP contribution in [0.15, 0.2) is 60.8 Å². The van der Waals surface area contributed by atoms with Gasteiger partial charge in [-0.15, -0.1) is 0 Å². The van der Waals surface area contributed by atoms with Crippen LogP contribution in [0.25, 0.3) is 0 Å². The maximum Gasteiger partial charge on any atom is 0.335 e. The fraction of sp³-hybridized carbons (Fsp3) is 0.785. The number of carbonyl (C=O) groups excluding carboxylic acids is 3. The third-order valence-corrected chi connectivity index (χ3v) is 14.0. The molecule has 444 valence electrons. The number of hydrogen-bond acceptors (Lipinski definition) is 11. The molecule has 0 aromatic heterocycles. The standard InChI is InChI=1S/C65H112O12/c1-4-7-10-13-16-19-22-25-27-28-29-30-32-34-36-39-42-45-48-51-57(66)73-54-56(75-58(67)52-49-46-43-40-37-33-24-21-18-15-12-9-6-3)55-74-65-63(61(70)60(69)62(77-65)64(71)72)76-59(68)53-50-47-44-41-38-35-31-26-23-20-17-14-11-8-5-2/h12,15-16,19,21,24-25,27,29-30,56,60-63,65,69-70H,4-11,13-14,17-18,20,22-23,26,28,31-55H2,1-3H3,(H,71,72)/b15-12-,19-16-,24-21-,27-25-,30-29-. The van der Waals surface area contributed by atoms with Gasteiger partial charge >= 0.3 is 23.9 Å². The number of esters is 3. The lowest BCUT2D eigenvalue weighted by Crippen LogP contribution is -2.61. The first-order chi connectivity index (χ1) is 37.6. The predicted octanol–water partition coefficient (Wildman–Crippen LogP) is 16.3. The van der Waals surface area contributed by atoms with Crippen molar-refractivity contribution in [2.45, 2.75) is 314 Å². The van der Waals surface area contributed by atoms with Crippen LogP contribution >= 0.6 is 0 Å². The summed E-state index contributed by atoms with van der Waals surface area (Å²) in [7, 11) is 0. The Bertz CT molecular complexity index is 1570. The number of allylic oxidation sites excluding steroid dienone is 10. The SMILES string of the molecule is CCC/C=C\C/C=C\CCCCCCCC(=O)OC(COC(=O)CCCCCCCC/C=C\C/C=C\C/C=C\CCCCC)COC1OC(C(=O)O)C(O)C(O)C1OC(=O)CCCCCCCCCCCCCCCCC. The molecular formula is C65H112O12. The van der Waals surface area contributed by atoms with Gasteiger partial charge < -0.3 is 39.0 Å². The first-order valence-corrected chi connectivity index (χ1v) is 31.3. The van der Waals surface area contributed by atoms with Crippen LogP contribution in [0.4, 0.5) is 0 Å². The van der Waals surface area contributed by atoms with Crippen LogP contribution in [0.5, 0.6) is 0 Å². The Balaban J connectivity index is 2.67. The van der Waals surface area contributed by atoms with E-state index in [4.69, 9.17) is 23.7 Å². The van der Waals surface area contributed by atoms with Crippen molar-refractivity contribution in [3.63, 3.8) is 0 Å². The van der Waals surface area contributed by atoms with Gasteiger partial charge in [0.2, 0.25) is 0 Å². The molecule has 1 aliphatic rings. The van der Waals surface area contributed by atoms with Gasteiger partial charge in [-0.3, -0.25) is 14.4 Å². The molecule has 0 radical (unpaired) electrons. The number of aliphatic hydroxyl groups is 2. The van der Waals surface area contributed by atoms with E-state index in [2.05, 4.69) is 81.5 Å². The van der Waals surface area contributed by atoms with E-state index >= 15 is 0 Å². The molecule has 77 heavy (non-hydrogen) atoms. The highest BCUT2D eigenvalue weighted by molar-refractivity contribution is 5.74. The quantitative estimate of drug-likeness (QED) is 0.0228. The molecule has 0 amide bonds. The molecule has 1 heterocycles. The first kappa shape index (κ1) is 71.4. The Morgan fingerprint density at radius 1 is 0.429 bits per heavy atom. The number of carboxylic acid groups (broad SMARTS) is 1. The van der Waals surface area contributed by atoms with Gasteiger partial charge in [-0.1, -0.05) is 236 Å². The number of carbonyl (C=O) groups is 4. The zero-order chi connectivity index (χ0) is 56.1. The fourth-order valence-electron chi connectivity index (χ4n) is 9.24. The van der Waals surface area contributed by atoms with Crippen LogP contribution in [0.3, 0.4) is 0 Å². The first-order valence-electron chi connectivity index (χ1n) is 31.3. The monoisotopic (exact) mass is 1080 g/mol. The summed E-state index contributed by atoms with van der Waals surface area (Å²) in [5.41, 5.74) is 0. The van der Waals surface area contributed by atoms with E-state index in [0.29, 0.717) is 19.3 Å². The topological polar surface area (TPSA) is 175 Å². The highest BCUT2D eigenvalue weighted by Crippen LogP contribution is 2.27. The lowest BCUT2D eigenvalue weighted by Gasteiger charge is -2.40. The lowest BCUT2D eigenvalue weighted by molar-refractivity contribution is -0.301. The minimum absolute atomic E-state index is 0.0603. The summed E-state index contributed by atoms with van der Waals surface area (Å²) in [5.74, 6) is -3.14. The zero-order valence-corrected chi connectivity index (χ0v) is 49.0. The Morgan fingerprint density at radius 3 is 1.26 bits per heavy atom. The molecule has 0 bridgehead atoms. The molecule has 1 saturated heterocycles. The van der Waals surface area contributed by atoms with Crippen LogP contribution in [-0.2, 0) is 42.9 Å². The number of unbranched alkanes of at least 4 members (excludes halogenated alkanes) is 29. The molecule has 12 heteroatoms. The molecule has 1 rings (SSSR count). The largest absolute Gasteiger partial charge is 0.479 e. The van der Waals surface area contributed by atoms with Gasteiger partial charge in [0.15, 0.2) is 24.6 Å². The van der Waals surface area contributed by atoms with Crippen molar-refractivity contribution >= 4 is 23.9 Å². The average Bonchev–Trinajstić information content (AvgIpc) is 3.42. The van der Waals surface area contributed by atoms with Crippen molar-refractivity contribution in [3.05, 3.63) is 60.8 Å². The van der Waals surface area contributed by atoms with Crippen molar-refractivity contribution in [2.75, 3.05) is 13.2 Å². The number of carboxylic acids is 1. The summed E-state index contributed by atoms with van der Waals surface area (Å²) in [4.78, 5) is 51.2. The molecule has 3 N–H and O–H groups in total. The van der Waals surface area contributed by atoms with Gasteiger partial charge in [-0.2, -0.15) is 0 Å². The Morgan fingerprint density at radius 2 is 0.805 bits per heavy atom. The van der Waals surface area contributed by atoms with Crippen LogP contribution in [0.1, 0.15) is 278 Å². The van der Waals surface area contributed by atoms with Crippen LogP contribution in [0, 0.1) is 0 Å². The molecule has 6 atom stereocenters. The van der Waals surface area contributed by atoms with E-state index in [9.17, 15) is 34.5 Å². The van der Waals surface area contributed by atoms with E-state index in [0.717, 1.165) is 128 Å². The number of aliphatic carboxylic acids is 1. The third kappa shape index (κ3) is 43.0. The number of ether oxygens (including phenoxy) is 5. The molecule has 12 nitrogen and oxygen atoms in total. The van der Waals surface area contributed by atoms with Gasteiger partial charge in [0, 0.05) is 19.3 Å². The van der Waals surface area contributed by atoms with Crippen molar-refractivity contribution in [2.24, 2.45) is 0 Å². The molecule has 1 fully saturated rings. The van der Waals surface area contributed by atoms with E-state index in [-0.39, 0.29) is 25.9 Å². The number of aliphatic hydroxyl groups excluding tert-OH is 2. The third-order valence-electron chi connectivity index (χ3n) is 14.0. The van der Waals surface area contributed by atoms with Crippen molar-refractivity contribution in [1.82, 2.24) is 0 Å². The second-order valence-electron chi connectivity index (χ2n) is 21.3. The molecule has 0 aromatic rings. The Labute approximate surface area is 468 Å². The summed E-state index contributed by atoms with van der Waals surface area (Å²) >= 11 is 0. The Hall–Kier alpha value is -3.58. The molecular weight excluding hydrogens is 973 g/mol. The average molecular weight is 1090 g/mol. The van der Waals surface area contributed by atoms with Gasteiger partial charge in [0.1, 0.15) is 18.8 Å². The highest BCUT2D eigenvalue weighted by atomic mass is 16.7. The van der Waals surface area contributed by atoms with Crippen LogP contribution < -0.4 is 0 Å². The van der Waals surface area contributed by atoms with Gasteiger partial charge in [0.05, 0.1) is 6.61 Å². The lowest BCUT2D eigenvalue weighted by atomic mass is 9.98. The second kappa shape index (κ2) is 53.1. The smallest absolute Gasteiger partial charge is 0.335 e. The van der Waals surface area contributed by atoms with Crippen molar-refractivity contribution < 1.29 is 58.2 Å². The van der Waals surface area contributed by atoms with Gasteiger partial charge in [0.25, 0.3) is 0 Å². The molecule has 0 aromatic carbocycles. The summed E-state index contributed by atoms with van der Waals surface area (Å²) in [6, 6.07) is 0. The molecule has 0 saturated carbocycles. The summed E-state index contributed by atoms with van der Waals surface area (Å²) in [6.45, 7) is 5.90. The predicted molar refractivity (Wildman–Crippen MR) is 312 cm³/mol. The normalized spacial score (nSPS) is 18.4. The minimum atomic E-state index is -1.91. The molecule has 0 spiro atoms. The van der Waals surface area contributed by atoms with Crippen molar-refractivity contribution in [3.8, 4) is 0 Å².